The number of ether oxygens (including phenoxy) is 2. The summed E-state index contributed by atoms with van der Waals surface area (Å²) in [5.41, 5.74) is 3.53. The first kappa shape index (κ1) is 18.7. The van der Waals surface area contributed by atoms with E-state index < -0.39 is 5.97 Å². The maximum atomic E-state index is 12.7. The third kappa shape index (κ3) is 3.84. The molecular weight excluding hydrogens is 354 g/mol. The van der Waals surface area contributed by atoms with Crippen LogP contribution in [0.4, 0.5) is 0 Å². The Bertz CT molecular complexity index is 810. The molecule has 0 radical (unpaired) electrons. The minimum atomic E-state index is -0.451. The summed E-state index contributed by atoms with van der Waals surface area (Å²) in [4.78, 5) is 28.1. The van der Waals surface area contributed by atoms with Crippen LogP contribution < -0.4 is 0 Å². The lowest BCUT2D eigenvalue weighted by molar-refractivity contribution is 0.0329. The first-order valence-corrected chi connectivity index (χ1v) is 9.14. The first-order valence-electron chi connectivity index (χ1n) is 8.76. The van der Waals surface area contributed by atoms with Gasteiger partial charge in [0.2, 0.25) is 0 Å². The van der Waals surface area contributed by atoms with E-state index in [-0.39, 0.29) is 18.3 Å². The summed E-state index contributed by atoms with van der Waals surface area (Å²) in [6.07, 6.45) is 1.10. The molecule has 138 valence electrons. The van der Waals surface area contributed by atoms with Gasteiger partial charge in [0.15, 0.2) is 5.78 Å². The Morgan fingerprint density at radius 3 is 2.65 bits per heavy atom. The summed E-state index contributed by atoms with van der Waals surface area (Å²) in [6.45, 7) is 4.80. The zero-order chi connectivity index (χ0) is 18.7. The van der Waals surface area contributed by atoms with Crippen LogP contribution in [0.25, 0.3) is 0 Å². The molecule has 1 heterocycles. The van der Waals surface area contributed by atoms with E-state index in [4.69, 9.17) is 21.1 Å². The molecule has 0 amide bonds. The van der Waals surface area contributed by atoms with Gasteiger partial charge in [-0.2, -0.15) is 0 Å². The Kier molecular flexibility index (Phi) is 5.79. The van der Waals surface area contributed by atoms with Crippen molar-refractivity contribution < 1.29 is 19.1 Å². The van der Waals surface area contributed by atoms with Crippen LogP contribution in [-0.4, -0.2) is 36.6 Å². The third-order valence-electron chi connectivity index (χ3n) is 4.70. The molecule has 1 atom stereocenters. The molecule has 3 rings (SSSR count). The smallest absolute Gasteiger partial charge is 0.355 e. The van der Waals surface area contributed by atoms with Crippen molar-refractivity contribution in [3.05, 3.63) is 57.4 Å². The van der Waals surface area contributed by atoms with E-state index in [1.54, 1.807) is 6.92 Å². The Morgan fingerprint density at radius 1 is 1.23 bits per heavy atom. The van der Waals surface area contributed by atoms with Crippen LogP contribution in [0.15, 0.2) is 24.3 Å². The number of carbonyl (C=O) groups is 2. The second kappa shape index (κ2) is 8.06. The average Bonchev–Trinajstić information content (AvgIpc) is 2.96. The van der Waals surface area contributed by atoms with Crippen molar-refractivity contribution in [1.82, 2.24) is 4.98 Å². The number of rotatable bonds is 6. The molecule has 1 aliphatic rings. The van der Waals surface area contributed by atoms with Gasteiger partial charge in [-0.05, 0) is 49.4 Å². The van der Waals surface area contributed by atoms with Gasteiger partial charge < -0.3 is 14.5 Å². The van der Waals surface area contributed by atoms with Crippen LogP contribution in [0.2, 0.25) is 5.02 Å². The van der Waals surface area contributed by atoms with Crippen molar-refractivity contribution in [1.29, 1.82) is 0 Å². The molecule has 1 N–H and O–H groups in total. The van der Waals surface area contributed by atoms with Gasteiger partial charge in [-0.15, -0.1) is 0 Å². The molecule has 0 aliphatic heterocycles. The quantitative estimate of drug-likeness (QED) is 0.610. The fraction of sp³-hybridized carbons (Fsp3) is 0.400. The number of nitrogens with one attached hydrogen (secondary N) is 1. The van der Waals surface area contributed by atoms with Gasteiger partial charge in [0.1, 0.15) is 12.3 Å². The summed E-state index contributed by atoms with van der Waals surface area (Å²) in [7, 11) is 0. The Labute approximate surface area is 157 Å². The van der Waals surface area contributed by atoms with Crippen molar-refractivity contribution in [2.24, 2.45) is 0 Å². The number of aromatic nitrogens is 1. The van der Waals surface area contributed by atoms with Crippen molar-refractivity contribution >= 4 is 23.4 Å². The second-order valence-corrected chi connectivity index (χ2v) is 6.83. The number of carbonyl (C=O) groups excluding carboxylic acids is 2. The molecule has 1 aliphatic carbocycles. The Balaban J connectivity index is 1.78. The van der Waals surface area contributed by atoms with Gasteiger partial charge in [0.05, 0.1) is 6.61 Å². The van der Waals surface area contributed by atoms with Gasteiger partial charge >= 0.3 is 5.97 Å². The minimum absolute atomic E-state index is 0.0494. The van der Waals surface area contributed by atoms with Gasteiger partial charge in [-0.25, -0.2) is 4.79 Å². The summed E-state index contributed by atoms with van der Waals surface area (Å²) in [6, 6.07) is 7.56. The molecule has 6 heteroatoms. The van der Waals surface area contributed by atoms with Crippen LogP contribution in [0.5, 0.6) is 0 Å². The van der Waals surface area contributed by atoms with Crippen molar-refractivity contribution in [3.63, 3.8) is 0 Å². The van der Waals surface area contributed by atoms with E-state index in [9.17, 15) is 9.59 Å². The largest absolute Gasteiger partial charge is 0.459 e. The molecule has 0 saturated heterocycles. The summed E-state index contributed by atoms with van der Waals surface area (Å²) in [5, 5.41) is 0.671. The van der Waals surface area contributed by atoms with E-state index in [0.717, 1.165) is 11.3 Å². The van der Waals surface area contributed by atoms with Gasteiger partial charge in [-0.1, -0.05) is 23.7 Å². The SMILES string of the molecule is CCOCCOC(=O)c1[nH]c2c(c1C)C(=O)C[C@H](c1ccc(Cl)cc1)C2. The lowest BCUT2D eigenvalue weighted by Crippen LogP contribution is -2.18. The molecular formula is C20H22ClNO4. The number of aromatic amines is 1. The molecule has 0 fully saturated rings. The number of fused-ring (bicyclic) bond motifs is 1. The highest BCUT2D eigenvalue weighted by Crippen LogP contribution is 2.35. The molecule has 0 unspecified atom stereocenters. The summed E-state index contributed by atoms with van der Waals surface area (Å²) >= 11 is 5.95. The number of hydrogen-bond donors (Lipinski definition) is 1. The number of halogens is 1. The lowest BCUT2D eigenvalue weighted by Gasteiger charge is -2.22. The van der Waals surface area contributed by atoms with E-state index >= 15 is 0 Å². The molecule has 26 heavy (non-hydrogen) atoms. The number of hydrogen-bond acceptors (Lipinski definition) is 4. The van der Waals surface area contributed by atoms with Crippen molar-refractivity contribution in [2.75, 3.05) is 19.8 Å². The minimum Gasteiger partial charge on any atom is -0.459 e. The van der Waals surface area contributed by atoms with Crippen LogP contribution in [0.1, 0.15) is 56.9 Å². The third-order valence-corrected chi connectivity index (χ3v) is 4.95. The van der Waals surface area contributed by atoms with E-state index in [1.807, 2.05) is 31.2 Å². The zero-order valence-corrected chi connectivity index (χ0v) is 15.7. The first-order chi connectivity index (χ1) is 12.5. The van der Waals surface area contributed by atoms with Crippen LogP contribution in [-0.2, 0) is 15.9 Å². The topological polar surface area (TPSA) is 68.4 Å². The standard InChI is InChI=1S/C20H22ClNO4/c1-3-25-8-9-26-20(24)19-12(2)18-16(22-19)10-14(11-17(18)23)13-4-6-15(21)7-5-13/h4-7,14,22H,3,8-11H2,1-2H3/t14-/m1/s1. The predicted octanol–water partition coefficient (Wildman–Crippen LogP) is 4.08. The van der Waals surface area contributed by atoms with Crippen LogP contribution in [0.3, 0.4) is 0 Å². The van der Waals surface area contributed by atoms with Gasteiger partial charge in [0, 0.05) is 29.3 Å². The highest BCUT2D eigenvalue weighted by molar-refractivity contribution is 6.30. The Hall–Kier alpha value is -2.11. The molecule has 2 aromatic rings. The molecule has 0 spiro atoms. The van der Waals surface area contributed by atoms with E-state index in [1.165, 1.54) is 0 Å². The van der Waals surface area contributed by atoms with E-state index in [2.05, 4.69) is 4.98 Å². The lowest BCUT2D eigenvalue weighted by atomic mass is 9.81. The molecule has 5 nitrogen and oxygen atoms in total. The van der Waals surface area contributed by atoms with Crippen molar-refractivity contribution in [2.45, 2.75) is 32.6 Å². The van der Waals surface area contributed by atoms with Gasteiger partial charge in [-0.3, -0.25) is 4.79 Å². The monoisotopic (exact) mass is 375 g/mol. The number of ketones is 1. The maximum Gasteiger partial charge on any atom is 0.355 e. The highest BCUT2D eigenvalue weighted by Gasteiger charge is 2.32. The summed E-state index contributed by atoms with van der Waals surface area (Å²) in [5.74, 6) is -0.326. The second-order valence-electron chi connectivity index (χ2n) is 6.39. The van der Waals surface area contributed by atoms with Crippen LogP contribution in [0, 0.1) is 6.92 Å². The summed E-state index contributed by atoms with van der Waals surface area (Å²) < 4.78 is 10.4. The molecule has 1 aromatic carbocycles. The number of H-pyrrole nitrogens is 1. The zero-order valence-electron chi connectivity index (χ0n) is 14.9. The molecule has 1 aromatic heterocycles. The van der Waals surface area contributed by atoms with E-state index in [0.29, 0.717) is 47.9 Å². The Morgan fingerprint density at radius 2 is 1.96 bits per heavy atom. The van der Waals surface area contributed by atoms with Gasteiger partial charge in [0.25, 0.3) is 0 Å². The average molecular weight is 376 g/mol. The van der Waals surface area contributed by atoms with Crippen molar-refractivity contribution in [3.8, 4) is 0 Å². The fourth-order valence-electron chi connectivity index (χ4n) is 3.42. The number of Topliss-reactive ketones (excluding diaryl/α,β-unsaturated/α-hetero) is 1. The predicted molar refractivity (Wildman–Crippen MR) is 99.1 cm³/mol. The van der Waals surface area contributed by atoms with Crippen LogP contribution >= 0.6 is 11.6 Å². The number of esters is 1. The number of benzene rings is 1. The normalized spacial score (nSPS) is 16.4. The highest BCUT2D eigenvalue weighted by atomic mass is 35.5. The fourth-order valence-corrected chi connectivity index (χ4v) is 3.54. The maximum absolute atomic E-state index is 12.7. The molecule has 0 saturated carbocycles. The molecule has 0 bridgehead atoms.